The average Bonchev–Trinajstić information content (AvgIpc) is 3.00. The van der Waals surface area contributed by atoms with Crippen molar-refractivity contribution in [3.8, 4) is 5.75 Å². The fraction of sp³-hybridized carbons (Fsp3) is 0.120. The van der Waals surface area contributed by atoms with Crippen LogP contribution < -0.4 is 15.0 Å². The molecule has 2 amide bonds. The Hall–Kier alpha value is -3.64. The van der Waals surface area contributed by atoms with Gasteiger partial charge in [-0.1, -0.05) is 41.9 Å². The summed E-state index contributed by atoms with van der Waals surface area (Å²) in [5.74, 6) is -1.45. The fourth-order valence-electron chi connectivity index (χ4n) is 3.55. The van der Waals surface area contributed by atoms with Gasteiger partial charge in [0.15, 0.2) is 0 Å². The lowest BCUT2D eigenvalue weighted by Crippen LogP contribution is -2.33. The molecule has 162 valence electrons. The predicted molar refractivity (Wildman–Crippen MR) is 123 cm³/mol. The highest BCUT2D eigenvalue weighted by molar-refractivity contribution is 6.46. The first kappa shape index (κ1) is 21.6. The van der Waals surface area contributed by atoms with Crippen LogP contribution in [0, 0.1) is 19.7 Å². The first-order valence-corrected chi connectivity index (χ1v) is 10.3. The van der Waals surface area contributed by atoms with E-state index in [1.54, 1.807) is 30.3 Å². The van der Waals surface area contributed by atoms with E-state index in [0.29, 0.717) is 22.0 Å². The zero-order chi connectivity index (χ0) is 23.0. The number of nitrogens with zero attached hydrogens (tertiary/aromatic N) is 1. The number of carbonyl (C=O) groups is 2. The minimum absolute atomic E-state index is 0.0442. The van der Waals surface area contributed by atoms with Gasteiger partial charge in [0.05, 0.1) is 23.4 Å². The predicted octanol–water partition coefficient (Wildman–Crippen LogP) is 5.50. The summed E-state index contributed by atoms with van der Waals surface area (Å²) in [5.41, 5.74) is 3.17. The van der Waals surface area contributed by atoms with E-state index in [-0.39, 0.29) is 17.0 Å². The normalized spacial score (nSPS) is 13.7. The van der Waals surface area contributed by atoms with Crippen molar-refractivity contribution in [3.63, 3.8) is 0 Å². The molecule has 0 radical (unpaired) electrons. The van der Waals surface area contributed by atoms with E-state index in [1.165, 1.54) is 25.3 Å². The molecule has 1 aliphatic heterocycles. The van der Waals surface area contributed by atoms with Crippen LogP contribution in [-0.2, 0) is 9.59 Å². The van der Waals surface area contributed by atoms with E-state index in [1.807, 2.05) is 26.0 Å². The molecule has 1 N–H and O–H groups in total. The fourth-order valence-corrected chi connectivity index (χ4v) is 3.81. The molecule has 0 spiro atoms. The first-order chi connectivity index (χ1) is 15.3. The maximum Gasteiger partial charge on any atom is 0.282 e. The van der Waals surface area contributed by atoms with Crippen molar-refractivity contribution in [2.45, 2.75) is 13.8 Å². The van der Waals surface area contributed by atoms with Crippen LogP contribution in [0.15, 0.2) is 66.4 Å². The minimum atomic E-state index is -0.664. The maximum atomic E-state index is 14.5. The molecule has 0 atom stereocenters. The van der Waals surface area contributed by atoms with Crippen LogP contribution in [0.4, 0.5) is 15.8 Å². The molecule has 4 rings (SSSR count). The zero-order valence-corrected chi connectivity index (χ0v) is 18.5. The molecule has 0 saturated carbocycles. The maximum absolute atomic E-state index is 14.5. The van der Waals surface area contributed by atoms with Crippen LogP contribution in [-0.4, -0.2) is 18.9 Å². The topological polar surface area (TPSA) is 58.6 Å². The summed E-state index contributed by atoms with van der Waals surface area (Å²) in [6, 6.07) is 16.1. The Morgan fingerprint density at radius 3 is 2.34 bits per heavy atom. The summed E-state index contributed by atoms with van der Waals surface area (Å²) in [6.07, 6.45) is 0. The van der Waals surface area contributed by atoms with Crippen LogP contribution in [0.3, 0.4) is 0 Å². The minimum Gasteiger partial charge on any atom is -0.495 e. The van der Waals surface area contributed by atoms with Crippen molar-refractivity contribution < 1.29 is 18.7 Å². The molecule has 1 heterocycles. The summed E-state index contributed by atoms with van der Waals surface area (Å²) >= 11 is 6.22. The Morgan fingerprint density at radius 1 is 0.938 bits per heavy atom. The second-order valence-corrected chi connectivity index (χ2v) is 7.83. The van der Waals surface area contributed by atoms with Gasteiger partial charge in [0.1, 0.15) is 17.3 Å². The monoisotopic (exact) mass is 450 g/mol. The van der Waals surface area contributed by atoms with Crippen LogP contribution >= 0.6 is 11.6 Å². The number of nitrogens with one attached hydrogen (secondary N) is 1. The average molecular weight is 451 g/mol. The number of imide groups is 1. The molecule has 5 nitrogen and oxygen atoms in total. The molecule has 0 bridgehead atoms. The number of ether oxygens (including phenoxy) is 1. The number of benzene rings is 3. The van der Waals surface area contributed by atoms with Crippen molar-refractivity contribution in [1.82, 2.24) is 0 Å². The summed E-state index contributed by atoms with van der Waals surface area (Å²) in [5, 5.41) is 3.36. The lowest BCUT2D eigenvalue weighted by Gasteiger charge is -2.16. The lowest BCUT2D eigenvalue weighted by molar-refractivity contribution is -0.120. The molecule has 0 unspecified atom stereocenters. The van der Waals surface area contributed by atoms with Gasteiger partial charge in [-0.15, -0.1) is 0 Å². The zero-order valence-electron chi connectivity index (χ0n) is 17.7. The molecule has 1 aliphatic rings. The number of aryl methyl sites for hydroxylation is 2. The number of methoxy groups -OCH3 is 1. The van der Waals surface area contributed by atoms with Gasteiger partial charge in [-0.05, 0) is 60.9 Å². The number of anilines is 2. The van der Waals surface area contributed by atoms with Crippen molar-refractivity contribution in [2.24, 2.45) is 0 Å². The highest BCUT2D eigenvalue weighted by atomic mass is 35.5. The Bertz CT molecular complexity index is 1290. The number of rotatable bonds is 5. The summed E-state index contributed by atoms with van der Waals surface area (Å²) in [6.45, 7) is 3.88. The summed E-state index contributed by atoms with van der Waals surface area (Å²) in [4.78, 5) is 27.7. The van der Waals surface area contributed by atoms with E-state index in [9.17, 15) is 14.0 Å². The Balaban J connectivity index is 1.85. The van der Waals surface area contributed by atoms with Gasteiger partial charge in [0.2, 0.25) is 0 Å². The van der Waals surface area contributed by atoms with E-state index in [2.05, 4.69) is 5.32 Å². The third-order valence-corrected chi connectivity index (χ3v) is 5.69. The summed E-state index contributed by atoms with van der Waals surface area (Å²) in [7, 11) is 1.50. The van der Waals surface area contributed by atoms with Crippen molar-refractivity contribution >= 4 is 40.4 Å². The molecule has 0 aliphatic carbocycles. The lowest BCUT2D eigenvalue weighted by atomic mass is 9.99. The first-order valence-electron chi connectivity index (χ1n) is 9.87. The van der Waals surface area contributed by atoms with Gasteiger partial charge in [0, 0.05) is 5.69 Å². The van der Waals surface area contributed by atoms with Crippen molar-refractivity contribution in [3.05, 3.63) is 93.9 Å². The van der Waals surface area contributed by atoms with E-state index in [0.717, 1.165) is 16.0 Å². The van der Waals surface area contributed by atoms with Gasteiger partial charge >= 0.3 is 0 Å². The Kier molecular flexibility index (Phi) is 5.72. The van der Waals surface area contributed by atoms with E-state index >= 15 is 0 Å². The van der Waals surface area contributed by atoms with Crippen LogP contribution in [0.25, 0.3) is 5.57 Å². The highest BCUT2D eigenvalue weighted by Crippen LogP contribution is 2.36. The molecule has 32 heavy (non-hydrogen) atoms. The third-order valence-electron chi connectivity index (χ3n) is 5.39. The molecule has 0 aromatic heterocycles. The van der Waals surface area contributed by atoms with E-state index in [4.69, 9.17) is 16.3 Å². The van der Waals surface area contributed by atoms with Crippen LogP contribution in [0.2, 0.25) is 5.02 Å². The van der Waals surface area contributed by atoms with Crippen molar-refractivity contribution in [2.75, 3.05) is 17.3 Å². The quantitative estimate of drug-likeness (QED) is 0.521. The van der Waals surface area contributed by atoms with Crippen LogP contribution in [0.1, 0.15) is 16.7 Å². The number of para-hydroxylation sites is 1. The van der Waals surface area contributed by atoms with Gasteiger partial charge in [-0.3, -0.25) is 9.59 Å². The number of carbonyl (C=O) groups excluding carboxylic acids is 2. The largest absolute Gasteiger partial charge is 0.495 e. The van der Waals surface area contributed by atoms with Gasteiger partial charge in [-0.2, -0.15) is 0 Å². The molecule has 0 saturated heterocycles. The number of hydrogen-bond acceptors (Lipinski definition) is 4. The van der Waals surface area contributed by atoms with E-state index < -0.39 is 17.6 Å². The molecular weight excluding hydrogens is 431 g/mol. The Morgan fingerprint density at radius 2 is 1.69 bits per heavy atom. The number of amides is 2. The van der Waals surface area contributed by atoms with Crippen molar-refractivity contribution in [1.29, 1.82) is 0 Å². The standard InChI is InChI=1S/C25H20ClFN2O3/c1-14-8-9-16(12-15(14)2)22-23(28-17-10-11-21(32-3)18(26)13-17)25(31)29(24(22)30)20-7-5-4-6-19(20)27/h4-13,28H,1-3H3. The second-order valence-electron chi connectivity index (χ2n) is 7.42. The number of halogens is 2. The number of hydrogen-bond donors (Lipinski definition) is 1. The third kappa shape index (κ3) is 3.74. The second kappa shape index (κ2) is 8.48. The molecule has 3 aromatic rings. The smallest absolute Gasteiger partial charge is 0.282 e. The molecule has 7 heteroatoms. The Labute approximate surface area is 190 Å². The molecule has 3 aromatic carbocycles. The van der Waals surface area contributed by atoms with Crippen LogP contribution in [0.5, 0.6) is 5.75 Å². The SMILES string of the molecule is COc1ccc(NC2=C(c3ccc(C)c(C)c3)C(=O)N(c3ccccc3F)C2=O)cc1Cl. The van der Waals surface area contributed by atoms with Gasteiger partial charge < -0.3 is 10.1 Å². The van der Waals surface area contributed by atoms with Gasteiger partial charge in [-0.25, -0.2) is 9.29 Å². The molecular formula is C25H20ClFN2O3. The highest BCUT2D eigenvalue weighted by Gasteiger charge is 2.41. The summed E-state index contributed by atoms with van der Waals surface area (Å²) < 4.78 is 19.7. The van der Waals surface area contributed by atoms with Gasteiger partial charge in [0.25, 0.3) is 11.8 Å². The molecule has 0 fully saturated rings.